The van der Waals surface area contributed by atoms with Crippen molar-refractivity contribution in [2.75, 3.05) is 7.05 Å². The number of nitrogens with zero attached hydrogens (tertiary/aromatic N) is 1. The fraction of sp³-hybridized carbons (Fsp3) is 0.235. The molecule has 0 aliphatic rings. The third-order valence-corrected chi connectivity index (χ3v) is 4.57. The van der Waals surface area contributed by atoms with Crippen molar-refractivity contribution in [2.45, 2.75) is 18.9 Å². The largest absolute Gasteiger partial charge is 0.313 e. The molecule has 0 fully saturated rings. The van der Waals surface area contributed by atoms with Crippen molar-refractivity contribution in [2.24, 2.45) is 0 Å². The summed E-state index contributed by atoms with van der Waals surface area (Å²) in [7, 11) is 2.03. The zero-order valence-electron chi connectivity index (χ0n) is 11.5. The van der Waals surface area contributed by atoms with Crippen LogP contribution in [0, 0.1) is 0 Å². The standard InChI is InChI=1S/C17H18N2S/c1-18-16(9-7-15-5-3-11-20-15)14-6-8-17-13(12-14)4-2-10-19-17/h2-6,8,10-12,16,18H,7,9H2,1H3. The molecule has 0 saturated heterocycles. The minimum absolute atomic E-state index is 0.390. The Bertz CT molecular complexity index is 676. The van der Waals surface area contributed by atoms with Gasteiger partial charge in [0.05, 0.1) is 5.52 Å². The van der Waals surface area contributed by atoms with Crippen molar-refractivity contribution in [3.63, 3.8) is 0 Å². The number of fused-ring (bicyclic) bond motifs is 1. The molecule has 0 radical (unpaired) electrons. The summed E-state index contributed by atoms with van der Waals surface area (Å²) in [5.74, 6) is 0. The van der Waals surface area contributed by atoms with Gasteiger partial charge in [0.1, 0.15) is 0 Å². The van der Waals surface area contributed by atoms with Gasteiger partial charge >= 0.3 is 0 Å². The molecule has 0 aliphatic heterocycles. The van der Waals surface area contributed by atoms with Gasteiger partial charge in [-0.15, -0.1) is 11.3 Å². The molecule has 3 heteroatoms. The van der Waals surface area contributed by atoms with Gasteiger partial charge < -0.3 is 5.32 Å². The van der Waals surface area contributed by atoms with Crippen molar-refractivity contribution >= 4 is 22.2 Å². The van der Waals surface area contributed by atoms with Gasteiger partial charge in [0, 0.05) is 22.5 Å². The highest BCUT2D eigenvalue weighted by Crippen LogP contribution is 2.23. The van der Waals surface area contributed by atoms with Gasteiger partial charge in [-0.25, -0.2) is 0 Å². The number of aryl methyl sites for hydroxylation is 1. The predicted molar refractivity (Wildman–Crippen MR) is 86.2 cm³/mol. The lowest BCUT2D eigenvalue weighted by molar-refractivity contribution is 0.552. The predicted octanol–water partition coefficient (Wildman–Crippen LogP) is 4.19. The number of thiophene rings is 1. The van der Waals surface area contributed by atoms with Crippen LogP contribution in [0.15, 0.2) is 54.0 Å². The van der Waals surface area contributed by atoms with Gasteiger partial charge in [-0.1, -0.05) is 18.2 Å². The molecule has 1 unspecified atom stereocenters. The fourth-order valence-corrected chi connectivity index (χ4v) is 3.25. The normalized spacial score (nSPS) is 12.7. The molecule has 1 N–H and O–H groups in total. The van der Waals surface area contributed by atoms with Crippen molar-refractivity contribution in [3.05, 3.63) is 64.5 Å². The van der Waals surface area contributed by atoms with Gasteiger partial charge in [-0.05, 0) is 55.1 Å². The fourth-order valence-electron chi connectivity index (χ4n) is 2.53. The molecule has 0 spiro atoms. The van der Waals surface area contributed by atoms with E-state index in [1.54, 1.807) is 0 Å². The molecule has 0 saturated carbocycles. The molecular weight excluding hydrogens is 264 g/mol. The molecule has 2 heterocycles. The molecule has 3 rings (SSSR count). The Balaban J connectivity index is 1.79. The maximum absolute atomic E-state index is 4.38. The molecule has 20 heavy (non-hydrogen) atoms. The molecular formula is C17H18N2S. The summed E-state index contributed by atoms with van der Waals surface area (Å²) in [6.07, 6.45) is 4.07. The van der Waals surface area contributed by atoms with Gasteiger partial charge in [0.15, 0.2) is 0 Å². The Labute approximate surface area is 123 Å². The third-order valence-electron chi connectivity index (χ3n) is 3.64. The van der Waals surface area contributed by atoms with E-state index < -0.39 is 0 Å². The van der Waals surface area contributed by atoms with Gasteiger partial charge in [-0.2, -0.15) is 0 Å². The third kappa shape index (κ3) is 2.89. The van der Waals surface area contributed by atoms with Crippen molar-refractivity contribution in [3.8, 4) is 0 Å². The first-order valence-electron chi connectivity index (χ1n) is 6.91. The number of hydrogen-bond donors (Lipinski definition) is 1. The summed E-state index contributed by atoms with van der Waals surface area (Å²) in [5, 5.41) is 6.78. The first-order valence-corrected chi connectivity index (χ1v) is 7.79. The highest BCUT2D eigenvalue weighted by Gasteiger charge is 2.10. The van der Waals surface area contributed by atoms with E-state index in [-0.39, 0.29) is 0 Å². The van der Waals surface area contributed by atoms with Crippen LogP contribution in [0.5, 0.6) is 0 Å². The maximum Gasteiger partial charge on any atom is 0.0702 e. The van der Waals surface area contributed by atoms with Crippen molar-refractivity contribution in [1.29, 1.82) is 0 Å². The molecule has 1 aromatic carbocycles. The summed E-state index contributed by atoms with van der Waals surface area (Å²) < 4.78 is 0. The van der Waals surface area contributed by atoms with Crippen LogP contribution in [-0.2, 0) is 6.42 Å². The van der Waals surface area contributed by atoms with Gasteiger partial charge in [-0.3, -0.25) is 4.98 Å². The van der Waals surface area contributed by atoms with E-state index in [0.29, 0.717) is 6.04 Å². The molecule has 0 aliphatic carbocycles. The van der Waals surface area contributed by atoms with Crippen LogP contribution < -0.4 is 5.32 Å². The lowest BCUT2D eigenvalue weighted by atomic mass is 10.00. The van der Waals surface area contributed by atoms with Gasteiger partial charge in [0.2, 0.25) is 0 Å². The Hall–Kier alpha value is -1.71. The molecule has 0 bridgehead atoms. The Morgan fingerprint density at radius 3 is 2.95 bits per heavy atom. The number of hydrogen-bond acceptors (Lipinski definition) is 3. The van der Waals surface area contributed by atoms with E-state index in [1.165, 1.54) is 15.8 Å². The SMILES string of the molecule is CNC(CCc1cccs1)c1ccc2ncccc2c1. The van der Waals surface area contributed by atoms with Gasteiger partial charge in [0.25, 0.3) is 0 Å². The van der Waals surface area contributed by atoms with Crippen LogP contribution in [0.25, 0.3) is 10.9 Å². The Kier molecular flexibility index (Phi) is 4.09. The number of aromatic nitrogens is 1. The number of rotatable bonds is 5. The zero-order chi connectivity index (χ0) is 13.8. The average Bonchev–Trinajstić information content (AvgIpc) is 3.01. The van der Waals surface area contributed by atoms with Crippen molar-refractivity contribution < 1.29 is 0 Å². The van der Waals surface area contributed by atoms with E-state index in [2.05, 4.69) is 52.1 Å². The lowest BCUT2D eigenvalue weighted by Crippen LogP contribution is -2.16. The Morgan fingerprint density at radius 1 is 1.20 bits per heavy atom. The minimum Gasteiger partial charge on any atom is -0.313 e. The molecule has 1 atom stereocenters. The topological polar surface area (TPSA) is 24.9 Å². The summed E-state index contributed by atoms with van der Waals surface area (Å²) in [6, 6.07) is 15.4. The van der Waals surface area contributed by atoms with E-state index in [9.17, 15) is 0 Å². The quantitative estimate of drug-likeness (QED) is 0.759. The molecule has 102 valence electrons. The zero-order valence-corrected chi connectivity index (χ0v) is 12.4. The number of pyridine rings is 1. The summed E-state index contributed by atoms with van der Waals surface area (Å²) in [5.41, 5.74) is 2.40. The summed E-state index contributed by atoms with van der Waals surface area (Å²) >= 11 is 1.84. The second kappa shape index (κ2) is 6.16. The maximum atomic E-state index is 4.38. The lowest BCUT2D eigenvalue weighted by Gasteiger charge is -2.16. The number of nitrogens with one attached hydrogen (secondary N) is 1. The summed E-state index contributed by atoms with van der Waals surface area (Å²) in [4.78, 5) is 5.83. The first-order chi connectivity index (χ1) is 9.86. The highest BCUT2D eigenvalue weighted by molar-refractivity contribution is 7.09. The van der Waals surface area contributed by atoms with E-state index in [4.69, 9.17) is 0 Å². The van der Waals surface area contributed by atoms with Crippen LogP contribution in [0.1, 0.15) is 22.9 Å². The van der Waals surface area contributed by atoms with E-state index in [1.807, 2.05) is 30.6 Å². The molecule has 0 amide bonds. The van der Waals surface area contributed by atoms with Crippen molar-refractivity contribution in [1.82, 2.24) is 10.3 Å². The van der Waals surface area contributed by atoms with Crippen LogP contribution >= 0.6 is 11.3 Å². The molecule has 2 nitrogen and oxygen atoms in total. The highest BCUT2D eigenvalue weighted by atomic mass is 32.1. The second-order valence-corrected chi connectivity index (χ2v) is 5.95. The second-order valence-electron chi connectivity index (χ2n) is 4.91. The van der Waals surface area contributed by atoms with Crippen LogP contribution in [-0.4, -0.2) is 12.0 Å². The van der Waals surface area contributed by atoms with Crippen LogP contribution in [0.4, 0.5) is 0 Å². The van der Waals surface area contributed by atoms with Crippen LogP contribution in [0.2, 0.25) is 0 Å². The minimum atomic E-state index is 0.390. The monoisotopic (exact) mass is 282 g/mol. The molecule has 3 aromatic rings. The first kappa shape index (κ1) is 13.3. The summed E-state index contributed by atoms with van der Waals surface area (Å²) in [6.45, 7) is 0. The number of benzene rings is 1. The average molecular weight is 282 g/mol. The Morgan fingerprint density at radius 2 is 2.15 bits per heavy atom. The van der Waals surface area contributed by atoms with E-state index >= 15 is 0 Å². The molecule has 2 aromatic heterocycles. The smallest absolute Gasteiger partial charge is 0.0702 e. The van der Waals surface area contributed by atoms with Crippen LogP contribution in [0.3, 0.4) is 0 Å². The van der Waals surface area contributed by atoms with E-state index in [0.717, 1.165) is 18.4 Å².